The van der Waals surface area contributed by atoms with E-state index in [-0.39, 0.29) is 18.4 Å². The molecule has 6 heteroatoms. The summed E-state index contributed by atoms with van der Waals surface area (Å²) in [6, 6.07) is 4.94. The maximum atomic E-state index is 11.4. The molecule has 18 heavy (non-hydrogen) atoms. The van der Waals surface area contributed by atoms with Crippen molar-refractivity contribution in [1.29, 1.82) is 0 Å². The largest absolute Gasteiger partial charge is 0.326 e. The highest BCUT2D eigenvalue weighted by molar-refractivity contribution is 6.33. The fraction of sp³-hybridized carbons (Fsp3) is 0.333. The van der Waals surface area contributed by atoms with Gasteiger partial charge >= 0.3 is 0 Å². The van der Waals surface area contributed by atoms with E-state index < -0.39 is 0 Å². The summed E-state index contributed by atoms with van der Waals surface area (Å²) in [5.41, 5.74) is 1.08. The van der Waals surface area contributed by atoms with Crippen LogP contribution in [0.1, 0.15) is 13.3 Å². The first-order valence-electron chi connectivity index (χ1n) is 5.60. The van der Waals surface area contributed by atoms with Crippen LogP contribution in [0.15, 0.2) is 18.2 Å². The molecule has 3 N–H and O–H groups in total. The quantitative estimate of drug-likeness (QED) is 0.764. The van der Waals surface area contributed by atoms with Crippen LogP contribution in [0, 0.1) is 0 Å². The number of amides is 2. The van der Waals surface area contributed by atoms with E-state index in [0.717, 1.165) is 0 Å². The van der Waals surface area contributed by atoms with Gasteiger partial charge in [0, 0.05) is 12.1 Å². The topological polar surface area (TPSA) is 70.2 Å². The lowest BCUT2D eigenvalue weighted by Crippen LogP contribution is -2.25. The Morgan fingerprint density at radius 3 is 2.56 bits per heavy atom. The van der Waals surface area contributed by atoms with Gasteiger partial charge < -0.3 is 16.0 Å². The van der Waals surface area contributed by atoms with Crippen LogP contribution in [-0.2, 0) is 9.59 Å². The minimum absolute atomic E-state index is 0.0928. The number of nitrogens with one attached hydrogen (secondary N) is 3. The van der Waals surface area contributed by atoms with Crippen LogP contribution >= 0.6 is 11.6 Å². The zero-order chi connectivity index (χ0) is 13.5. The Labute approximate surface area is 111 Å². The van der Waals surface area contributed by atoms with E-state index in [1.807, 2.05) is 0 Å². The van der Waals surface area contributed by atoms with Crippen LogP contribution in [0.4, 0.5) is 11.4 Å². The molecule has 0 unspecified atom stereocenters. The molecule has 0 radical (unpaired) electrons. The Bertz CT molecular complexity index is 449. The fourth-order valence-corrected chi connectivity index (χ4v) is 1.47. The number of rotatable bonds is 5. The summed E-state index contributed by atoms with van der Waals surface area (Å²) in [4.78, 5) is 22.7. The molecule has 0 bridgehead atoms. The van der Waals surface area contributed by atoms with E-state index in [0.29, 0.717) is 22.8 Å². The highest BCUT2D eigenvalue weighted by Gasteiger charge is 2.07. The van der Waals surface area contributed by atoms with E-state index >= 15 is 0 Å². The zero-order valence-electron chi connectivity index (χ0n) is 10.3. The second-order valence-electron chi connectivity index (χ2n) is 3.67. The Morgan fingerprint density at radius 1 is 1.22 bits per heavy atom. The molecule has 1 aromatic rings. The van der Waals surface area contributed by atoms with Crippen LogP contribution < -0.4 is 16.0 Å². The molecule has 0 aliphatic rings. The number of hydrogen-bond donors (Lipinski definition) is 3. The lowest BCUT2D eigenvalue weighted by atomic mass is 10.2. The van der Waals surface area contributed by atoms with Gasteiger partial charge in [-0.05, 0) is 25.2 Å². The van der Waals surface area contributed by atoms with Gasteiger partial charge in [-0.1, -0.05) is 18.5 Å². The van der Waals surface area contributed by atoms with Gasteiger partial charge in [-0.2, -0.15) is 0 Å². The molecule has 0 saturated heterocycles. The molecule has 1 aromatic carbocycles. The molecular formula is C12H16ClN3O2. The molecule has 1 rings (SSSR count). The smallest absolute Gasteiger partial charge is 0.238 e. The van der Waals surface area contributed by atoms with E-state index in [1.54, 1.807) is 32.2 Å². The molecule has 0 spiro atoms. The Kier molecular flexibility index (Phi) is 5.61. The number of benzene rings is 1. The standard InChI is InChI=1S/C12H16ClN3O2/c1-3-11(17)15-8-4-5-9(13)10(6-8)16-12(18)7-14-2/h4-6,14H,3,7H2,1-2H3,(H,15,17)(H,16,18). The van der Waals surface area contributed by atoms with Gasteiger partial charge in [0.15, 0.2) is 0 Å². The van der Waals surface area contributed by atoms with E-state index in [2.05, 4.69) is 16.0 Å². The van der Waals surface area contributed by atoms with Gasteiger partial charge in [0.1, 0.15) is 0 Å². The highest BCUT2D eigenvalue weighted by Crippen LogP contribution is 2.25. The molecule has 0 saturated carbocycles. The SMILES string of the molecule is CCC(=O)Nc1ccc(Cl)c(NC(=O)CNC)c1. The second kappa shape index (κ2) is 6.98. The second-order valence-corrected chi connectivity index (χ2v) is 4.08. The van der Waals surface area contributed by atoms with Crippen molar-refractivity contribution in [3.63, 3.8) is 0 Å². The van der Waals surface area contributed by atoms with Crippen molar-refractivity contribution in [2.75, 3.05) is 24.2 Å². The van der Waals surface area contributed by atoms with Gasteiger partial charge in [-0.3, -0.25) is 9.59 Å². The lowest BCUT2D eigenvalue weighted by molar-refractivity contribution is -0.116. The van der Waals surface area contributed by atoms with Crippen molar-refractivity contribution in [2.24, 2.45) is 0 Å². The molecule has 0 fully saturated rings. The number of anilines is 2. The van der Waals surface area contributed by atoms with Crippen molar-refractivity contribution in [3.05, 3.63) is 23.2 Å². The maximum Gasteiger partial charge on any atom is 0.238 e. The van der Waals surface area contributed by atoms with Crippen LogP contribution in [-0.4, -0.2) is 25.4 Å². The minimum atomic E-state index is -0.196. The van der Waals surface area contributed by atoms with Gasteiger partial charge in [-0.25, -0.2) is 0 Å². The summed E-state index contributed by atoms with van der Waals surface area (Å²) in [7, 11) is 1.68. The average Bonchev–Trinajstić information content (AvgIpc) is 2.33. The van der Waals surface area contributed by atoms with Crippen molar-refractivity contribution >= 4 is 34.8 Å². The summed E-state index contributed by atoms with van der Waals surface area (Å²) in [5.74, 6) is -0.289. The third kappa shape index (κ3) is 4.35. The normalized spacial score (nSPS) is 9.94. The molecular weight excluding hydrogens is 254 g/mol. The number of carbonyl (C=O) groups is 2. The molecule has 0 aliphatic carbocycles. The van der Waals surface area contributed by atoms with Gasteiger partial charge in [-0.15, -0.1) is 0 Å². The summed E-state index contributed by atoms with van der Waals surface area (Å²) in [6.07, 6.45) is 0.393. The molecule has 0 aliphatic heterocycles. The van der Waals surface area contributed by atoms with Crippen LogP contribution in [0.2, 0.25) is 5.02 Å². The molecule has 0 aromatic heterocycles. The predicted molar refractivity (Wildman–Crippen MR) is 72.9 cm³/mol. The number of carbonyl (C=O) groups excluding carboxylic acids is 2. The van der Waals surface area contributed by atoms with Crippen LogP contribution in [0.5, 0.6) is 0 Å². The number of hydrogen-bond acceptors (Lipinski definition) is 3. The van der Waals surface area contributed by atoms with Gasteiger partial charge in [0.05, 0.1) is 17.3 Å². The highest BCUT2D eigenvalue weighted by atomic mass is 35.5. The minimum Gasteiger partial charge on any atom is -0.326 e. The van der Waals surface area contributed by atoms with Crippen LogP contribution in [0.25, 0.3) is 0 Å². The maximum absolute atomic E-state index is 11.4. The predicted octanol–water partition coefficient (Wildman–Crippen LogP) is 1.85. The van der Waals surface area contributed by atoms with E-state index in [9.17, 15) is 9.59 Å². The molecule has 2 amide bonds. The Hall–Kier alpha value is -1.59. The zero-order valence-corrected chi connectivity index (χ0v) is 11.1. The first-order valence-corrected chi connectivity index (χ1v) is 5.98. The third-order valence-corrected chi connectivity index (χ3v) is 2.51. The first-order chi connectivity index (χ1) is 8.56. The Morgan fingerprint density at radius 2 is 1.94 bits per heavy atom. The summed E-state index contributed by atoms with van der Waals surface area (Å²) in [5, 5.41) is 8.52. The van der Waals surface area contributed by atoms with Crippen molar-refractivity contribution in [1.82, 2.24) is 5.32 Å². The average molecular weight is 270 g/mol. The number of halogens is 1. The molecule has 0 heterocycles. The summed E-state index contributed by atoms with van der Waals surface area (Å²) >= 11 is 5.96. The lowest BCUT2D eigenvalue weighted by Gasteiger charge is -2.10. The van der Waals surface area contributed by atoms with Crippen LogP contribution in [0.3, 0.4) is 0 Å². The third-order valence-electron chi connectivity index (χ3n) is 2.18. The van der Waals surface area contributed by atoms with Crippen molar-refractivity contribution in [2.45, 2.75) is 13.3 Å². The molecule has 5 nitrogen and oxygen atoms in total. The summed E-state index contributed by atoms with van der Waals surface area (Å²) in [6.45, 7) is 1.96. The molecule has 0 atom stereocenters. The van der Waals surface area contributed by atoms with Gasteiger partial charge in [0.25, 0.3) is 0 Å². The van der Waals surface area contributed by atoms with Crippen molar-refractivity contribution in [3.8, 4) is 0 Å². The van der Waals surface area contributed by atoms with Gasteiger partial charge in [0.2, 0.25) is 11.8 Å². The molecule has 98 valence electrons. The first kappa shape index (κ1) is 14.5. The Balaban J connectivity index is 2.80. The van der Waals surface area contributed by atoms with E-state index in [4.69, 9.17) is 11.6 Å². The summed E-state index contributed by atoms with van der Waals surface area (Å²) < 4.78 is 0. The van der Waals surface area contributed by atoms with E-state index in [1.165, 1.54) is 0 Å². The number of likely N-dealkylation sites (N-methyl/N-ethyl adjacent to an activating group) is 1. The monoisotopic (exact) mass is 269 g/mol. The fourth-order valence-electron chi connectivity index (χ4n) is 1.30. The van der Waals surface area contributed by atoms with Crippen molar-refractivity contribution < 1.29 is 9.59 Å².